The molecule has 0 radical (unpaired) electrons. The summed E-state index contributed by atoms with van der Waals surface area (Å²) < 4.78 is 5.18. The van der Waals surface area contributed by atoms with Crippen LogP contribution in [0.3, 0.4) is 0 Å². The van der Waals surface area contributed by atoms with Crippen molar-refractivity contribution in [2.24, 2.45) is 0 Å². The lowest BCUT2D eigenvalue weighted by molar-refractivity contribution is -0.142. The zero-order valence-electron chi connectivity index (χ0n) is 11.6. The summed E-state index contributed by atoms with van der Waals surface area (Å²) >= 11 is 0. The van der Waals surface area contributed by atoms with Crippen LogP contribution in [0.4, 0.5) is 4.79 Å². The SMILES string of the molecule is CCOCCCNC(=O)N1CCCCCC1C(=O)O. The summed E-state index contributed by atoms with van der Waals surface area (Å²) in [6, 6.07) is -0.958. The summed E-state index contributed by atoms with van der Waals surface area (Å²) in [6.07, 6.45) is 4.01. The first-order valence-electron chi connectivity index (χ1n) is 7.01. The summed E-state index contributed by atoms with van der Waals surface area (Å²) in [5.74, 6) is -0.911. The average Bonchev–Trinajstić information content (AvgIpc) is 2.63. The first kappa shape index (κ1) is 15.8. The molecule has 2 amide bonds. The number of nitrogens with zero attached hydrogens (tertiary/aromatic N) is 1. The molecule has 1 atom stereocenters. The van der Waals surface area contributed by atoms with Crippen molar-refractivity contribution in [1.82, 2.24) is 10.2 Å². The van der Waals surface area contributed by atoms with Gasteiger partial charge in [-0.15, -0.1) is 0 Å². The van der Waals surface area contributed by atoms with Gasteiger partial charge in [-0.25, -0.2) is 9.59 Å². The predicted octanol–water partition coefficient (Wildman–Crippen LogP) is 1.45. The Morgan fingerprint density at radius 2 is 2.16 bits per heavy atom. The van der Waals surface area contributed by atoms with Crippen LogP contribution in [0.1, 0.15) is 39.0 Å². The van der Waals surface area contributed by atoms with Crippen LogP contribution < -0.4 is 5.32 Å². The highest BCUT2D eigenvalue weighted by Gasteiger charge is 2.30. The van der Waals surface area contributed by atoms with Crippen molar-refractivity contribution in [1.29, 1.82) is 0 Å². The molecule has 0 aromatic carbocycles. The molecular formula is C13H24N2O4. The lowest BCUT2D eigenvalue weighted by Gasteiger charge is -2.27. The molecular weight excluding hydrogens is 248 g/mol. The number of aliphatic carboxylic acids is 1. The molecule has 1 unspecified atom stereocenters. The van der Waals surface area contributed by atoms with E-state index >= 15 is 0 Å². The van der Waals surface area contributed by atoms with E-state index in [0.717, 1.165) is 25.7 Å². The predicted molar refractivity (Wildman–Crippen MR) is 71.1 cm³/mol. The molecule has 1 rings (SSSR count). The number of rotatable bonds is 6. The molecule has 6 heteroatoms. The van der Waals surface area contributed by atoms with E-state index in [2.05, 4.69) is 5.32 Å². The van der Waals surface area contributed by atoms with Crippen LogP contribution in [0.25, 0.3) is 0 Å². The quantitative estimate of drug-likeness (QED) is 0.717. The maximum absolute atomic E-state index is 12.0. The number of carboxylic acids is 1. The van der Waals surface area contributed by atoms with Crippen molar-refractivity contribution in [2.45, 2.75) is 45.1 Å². The third-order valence-electron chi connectivity index (χ3n) is 3.24. The van der Waals surface area contributed by atoms with E-state index in [9.17, 15) is 14.7 Å². The molecule has 0 saturated carbocycles. The van der Waals surface area contributed by atoms with E-state index in [0.29, 0.717) is 32.7 Å². The van der Waals surface area contributed by atoms with Crippen molar-refractivity contribution >= 4 is 12.0 Å². The highest BCUT2D eigenvalue weighted by Crippen LogP contribution is 2.17. The molecule has 1 saturated heterocycles. The van der Waals surface area contributed by atoms with Gasteiger partial charge in [0.05, 0.1) is 0 Å². The molecule has 0 spiro atoms. The van der Waals surface area contributed by atoms with Gasteiger partial charge in [0.2, 0.25) is 0 Å². The van der Waals surface area contributed by atoms with Crippen LogP contribution >= 0.6 is 0 Å². The zero-order valence-corrected chi connectivity index (χ0v) is 11.6. The number of hydrogen-bond donors (Lipinski definition) is 2. The van der Waals surface area contributed by atoms with E-state index in [4.69, 9.17) is 4.74 Å². The summed E-state index contributed by atoms with van der Waals surface area (Å²) in [6.45, 7) is 4.24. The van der Waals surface area contributed by atoms with E-state index in [1.165, 1.54) is 4.90 Å². The van der Waals surface area contributed by atoms with Crippen molar-refractivity contribution in [3.8, 4) is 0 Å². The van der Waals surface area contributed by atoms with Gasteiger partial charge < -0.3 is 20.1 Å². The maximum atomic E-state index is 12.0. The first-order valence-corrected chi connectivity index (χ1v) is 7.01. The molecule has 0 aromatic heterocycles. The van der Waals surface area contributed by atoms with Gasteiger partial charge in [-0.05, 0) is 26.2 Å². The highest BCUT2D eigenvalue weighted by atomic mass is 16.5. The Hall–Kier alpha value is -1.30. The lowest BCUT2D eigenvalue weighted by atomic mass is 10.1. The number of carbonyl (C=O) groups excluding carboxylic acids is 1. The van der Waals surface area contributed by atoms with E-state index < -0.39 is 12.0 Å². The second kappa shape index (κ2) is 8.74. The Morgan fingerprint density at radius 3 is 2.84 bits per heavy atom. The number of ether oxygens (including phenoxy) is 1. The molecule has 19 heavy (non-hydrogen) atoms. The fourth-order valence-electron chi connectivity index (χ4n) is 2.22. The van der Waals surface area contributed by atoms with Crippen molar-refractivity contribution in [3.05, 3.63) is 0 Å². The zero-order chi connectivity index (χ0) is 14.1. The third kappa shape index (κ3) is 5.46. The Morgan fingerprint density at radius 1 is 1.37 bits per heavy atom. The largest absolute Gasteiger partial charge is 0.480 e. The smallest absolute Gasteiger partial charge is 0.326 e. The van der Waals surface area contributed by atoms with Crippen LogP contribution in [0.2, 0.25) is 0 Å². The number of hydrogen-bond acceptors (Lipinski definition) is 3. The first-order chi connectivity index (χ1) is 9.16. The molecule has 110 valence electrons. The van der Waals surface area contributed by atoms with Crippen LogP contribution in [0.15, 0.2) is 0 Å². The van der Waals surface area contributed by atoms with Gasteiger partial charge in [0, 0.05) is 26.3 Å². The number of carboxylic acid groups (broad SMARTS) is 1. The van der Waals surface area contributed by atoms with Crippen LogP contribution in [-0.2, 0) is 9.53 Å². The second-order valence-corrected chi connectivity index (χ2v) is 4.68. The minimum atomic E-state index is -0.911. The molecule has 1 aliphatic rings. The number of likely N-dealkylation sites (tertiary alicyclic amines) is 1. The minimum absolute atomic E-state index is 0.272. The molecule has 1 fully saturated rings. The Balaban J connectivity index is 2.40. The van der Waals surface area contributed by atoms with Crippen LogP contribution in [0.5, 0.6) is 0 Å². The normalized spacial score (nSPS) is 19.8. The molecule has 0 aliphatic carbocycles. The van der Waals surface area contributed by atoms with Gasteiger partial charge in [0.15, 0.2) is 0 Å². The van der Waals surface area contributed by atoms with E-state index in [1.807, 2.05) is 6.92 Å². The Bertz CT molecular complexity index is 296. The fourth-order valence-corrected chi connectivity index (χ4v) is 2.22. The van der Waals surface area contributed by atoms with Crippen molar-refractivity contribution in [2.75, 3.05) is 26.3 Å². The number of nitrogens with one attached hydrogen (secondary N) is 1. The van der Waals surface area contributed by atoms with Gasteiger partial charge >= 0.3 is 12.0 Å². The number of amides is 2. The number of urea groups is 1. The van der Waals surface area contributed by atoms with Crippen molar-refractivity contribution < 1.29 is 19.4 Å². The number of carbonyl (C=O) groups is 2. The van der Waals surface area contributed by atoms with Gasteiger partial charge in [0.25, 0.3) is 0 Å². The third-order valence-corrected chi connectivity index (χ3v) is 3.24. The van der Waals surface area contributed by atoms with Crippen molar-refractivity contribution in [3.63, 3.8) is 0 Å². The maximum Gasteiger partial charge on any atom is 0.326 e. The average molecular weight is 272 g/mol. The minimum Gasteiger partial charge on any atom is -0.480 e. The summed E-state index contributed by atoms with van der Waals surface area (Å²) in [5.41, 5.74) is 0. The molecule has 0 aromatic rings. The van der Waals surface area contributed by atoms with Gasteiger partial charge in [0.1, 0.15) is 6.04 Å². The standard InChI is InChI=1S/C13H24N2O4/c1-2-19-10-6-8-14-13(18)15-9-5-3-4-7-11(15)12(16)17/h11H,2-10H2,1H3,(H,14,18)(H,16,17). The van der Waals surface area contributed by atoms with E-state index in [1.54, 1.807) is 0 Å². The van der Waals surface area contributed by atoms with Gasteiger partial charge in [-0.3, -0.25) is 0 Å². The summed E-state index contributed by atoms with van der Waals surface area (Å²) in [4.78, 5) is 24.7. The molecule has 2 N–H and O–H groups in total. The summed E-state index contributed by atoms with van der Waals surface area (Å²) in [5, 5.41) is 12.0. The second-order valence-electron chi connectivity index (χ2n) is 4.68. The molecule has 6 nitrogen and oxygen atoms in total. The van der Waals surface area contributed by atoms with Crippen LogP contribution in [-0.4, -0.2) is 54.4 Å². The monoisotopic (exact) mass is 272 g/mol. The topological polar surface area (TPSA) is 78.9 Å². The highest BCUT2D eigenvalue weighted by molar-refractivity contribution is 5.82. The molecule has 1 heterocycles. The Labute approximate surface area is 114 Å². The van der Waals surface area contributed by atoms with Gasteiger partial charge in [-0.1, -0.05) is 12.8 Å². The summed E-state index contributed by atoms with van der Waals surface area (Å²) in [7, 11) is 0. The van der Waals surface area contributed by atoms with Crippen LogP contribution in [0, 0.1) is 0 Å². The fraction of sp³-hybridized carbons (Fsp3) is 0.846. The van der Waals surface area contributed by atoms with Gasteiger partial charge in [-0.2, -0.15) is 0 Å². The van der Waals surface area contributed by atoms with E-state index in [-0.39, 0.29) is 6.03 Å². The Kier molecular flexibility index (Phi) is 7.25. The lowest BCUT2D eigenvalue weighted by Crippen LogP contribution is -2.49. The molecule has 1 aliphatic heterocycles. The molecule has 0 bridgehead atoms.